The third-order valence-corrected chi connectivity index (χ3v) is 4.66. The van der Waals surface area contributed by atoms with E-state index in [9.17, 15) is 10.2 Å². The first-order chi connectivity index (χ1) is 12.7. The fourth-order valence-electron chi connectivity index (χ4n) is 3.25. The number of benzene rings is 2. The van der Waals surface area contributed by atoms with Crippen molar-refractivity contribution in [3.63, 3.8) is 0 Å². The number of rotatable bonds is 4. The van der Waals surface area contributed by atoms with E-state index in [1.165, 1.54) is 0 Å². The summed E-state index contributed by atoms with van der Waals surface area (Å²) in [4.78, 5) is 0. The Kier molecular flexibility index (Phi) is 5.31. The van der Waals surface area contributed by atoms with Gasteiger partial charge in [0, 0.05) is 5.56 Å². The minimum atomic E-state index is -1.20. The Morgan fingerprint density at radius 1 is 0.885 bits per heavy atom. The topological polar surface area (TPSA) is 77.4 Å². The maximum atomic E-state index is 10.5. The van der Waals surface area contributed by atoms with Crippen molar-refractivity contribution >= 4 is 0 Å². The van der Waals surface area contributed by atoms with E-state index in [1.54, 1.807) is 0 Å². The van der Waals surface area contributed by atoms with E-state index in [0.717, 1.165) is 11.1 Å². The van der Waals surface area contributed by atoms with E-state index in [4.69, 9.17) is 18.9 Å². The minimum Gasteiger partial charge on any atom is -0.387 e. The van der Waals surface area contributed by atoms with Crippen molar-refractivity contribution in [2.45, 2.75) is 43.6 Å². The summed E-state index contributed by atoms with van der Waals surface area (Å²) in [5.74, 6) is 0. The third kappa shape index (κ3) is 3.66. The summed E-state index contributed by atoms with van der Waals surface area (Å²) in [6.07, 6.45) is -5.04. The van der Waals surface area contributed by atoms with Crippen LogP contribution in [0.1, 0.15) is 17.4 Å². The first kappa shape index (κ1) is 17.6. The molecule has 6 nitrogen and oxygen atoms in total. The Bertz CT molecular complexity index is 692. The van der Waals surface area contributed by atoms with Gasteiger partial charge in [0.2, 0.25) is 0 Å². The van der Waals surface area contributed by atoms with E-state index >= 15 is 0 Å². The molecule has 2 saturated heterocycles. The van der Waals surface area contributed by atoms with Crippen molar-refractivity contribution in [2.24, 2.45) is 0 Å². The van der Waals surface area contributed by atoms with Gasteiger partial charge in [-0.15, -0.1) is 0 Å². The van der Waals surface area contributed by atoms with Gasteiger partial charge in [0.25, 0.3) is 0 Å². The molecular weight excluding hydrogens is 336 g/mol. The van der Waals surface area contributed by atoms with Crippen molar-refractivity contribution < 1.29 is 29.2 Å². The molecule has 2 aliphatic heterocycles. The summed E-state index contributed by atoms with van der Waals surface area (Å²) >= 11 is 0. The van der Waals surface area contributed by atoms with Gasteiger partial charge in [-0.3, -0.25) is 0 Å². The molecule has 2 aromatic rings. The highest BCUT2D eigenvalue weighted by Gasteiger charge is 2.49. The van der Waals surface area contributed by atoms with Gasteiger partial charge in [-0.25, -0.2) is 0 Å². The molecule has 0 aromatic heterocycles. The zero-order valence-electron chi connectivity index (χ0n) is 14.2. The molecular formula is C20H22O6. The number of ether oxygens (including phenoxy) is 4. The van der Waals surface area contributed by atoms with Crippen LogP contribution in [0.5, 0.6) is 0 Å². The Morgan fingerprint density at radius 2 is 1.58 bits per heavy atom. The summed E-state index contributed by atoms with van der Waals surface area (Å²) in [6, 6.07) is 19.1. The molecule has 0 aliphatic carbocycles. The molecule has 0 radical (unpaired) electrons. The van der Waals surface area contributed by atoms with Crippen LogP contribution in [0.15, 0.2) is 60.7 Å². The molecule has 0 amide bonds. The maximum Gasteiger partial charge on any atom is 0.187 e. The highest BCUT2D eigenvalue weighted by atomic mass is 16.8. The van der Waals surface area contributed by atoms with Gasteiger partial charge in [0.1, 0.15) is 24.4 Å². The zero-order chi connectivity index (χ0) is 17.9. The Labute approximate surface area is 151 Å². The van der Waals surface area contributed by atoms with Crippen molar-refractivity contribution in [1.82, 2.24) is 0 Å². The molecule has 2 fully saturated rings. The van der Waals surface area contributed by atoms with Crippen molar-refractivity contribution in [3.8, 4) is 0 Å². The smallest absolute Gasteiger partial charge is 0.187 e. The highest BCUT2D eigenvalue weighted by molar-refractivity contribution is 5.17. The van der Waals surface area contributed by atoms with Gasteiger partial charge in [0.05, 0.1) is 13.2 Å². The molecule has 0 bridgehead atoms. The second-order valence-corrected chi connectivity index (χ2v) is 6.50. The molecule has 6 atom stereocenters. The van der Waals surface area contributed by atoms with Crippen LogP contribution < -0.4 is 0 Å². The molecule has 26 heavy (non-hydrogen) atoms. The largest absolute Gasteiger partial charge is 0.387 e. The second kappa shape index (κ2) is 7.84. The summed E-state index contributed by atoms with van der Waals surface area (Å²) in [5.41, 5.74) is 1.82. The quantitative estimate of drug-likeness (QED) is 0.867. The van der Waals surface area contributed by atoms with E-state index in [0.29, 0.717) is 0 Å². The molecule has 2 N–H and O–H groups in total. The monoisotopic (exact) mass is 358 g/mol. The highest BCUT2D eigenvalue weighted by Crippen LogP contribution is 2.34. The Hall–Kier alpha value is -1.80. The van der Waals surface area contributed by atoms with Gasteiger partial charge in [-0.05, 0) is 5.56 Å². The fourth-order valence-corrected chi connectivity index (χ4v) is 3.25. The van der Waals surface area contributed by atoms with Crippen molar-refractivity contribution in [3.05, 3.63) is 71.8 Å². The van der Waals surface area contributed by atoms with Gasteiger partial charge in [-0.1, -0.05) is 60.7 Å². The molecule has 0 saturated carbocycles. The van der Waals surface area contributed by atoms with Crippen LogP contribution in [0.25, 0.3) is 0 Å². The van der Waals surface area contributed by atoms with Gasteiger partial charge >= 0.3 is 0 Å². The standard InChI is InChI=1S/C20H22O6/c21-16-17(22)20(23-11-13-7-3-1-4-8-13)25-15-12-24-19(26-18(15)16)14-9-5-2-6-10-14/h1-10,15-22H,11-12H2/t15?,16-,17?,18-,19?,20-/m1/s1. The minimum absolute atomic E-state index is 0.249. The molecule has 4 rings (SSSR count). The lowest BCUT2D eigenvalue weighted by Gasteiger charge is -2.46. The maximum absolute atomic E-state index is 10.5. The average molecular weight is 358 g/mol. The first-order valence-electron chi connectivity index (χ1n) is 8.71. The van der Waals surface area contributed by atoms with Crippen LogP contribution in [0.2, 0.25) is 0 Å². The molecule has 0 spiro atoms. The molecule has 3 unspecified atom stereocenters. The molecule has 6 heteroatoms. The van der Waals surface area contributed by atoms with Crippen LogP contribution >= 0.6 is 0 Å². The first-order valence-corrected chi connectivity index (χ1v) is 8.71. The molecule has 2 aromatic carbocycles. The van der Waals surface area contributed by atoms with Crippen molar-refractivity contribution in [1.29, 1.82) is 0 Å². The summed E-state index contributed by atoms with van der Waals surface area (Å²) in [6.45, 7) is 0.528. The SMILES string of the molecule is OC1[C@H](OCc2ccccc2)OC2COC(c3ccccc3)O[C@H]2[C@@H]1O. The lowest BCUT2D eigenvalue weighted by molar-refractivity contribution is -0.362. The zero-order valence-corrected chi connectivity index (χ0v) is 14.2. The number of hydrogen-bond acceptors (Lipinski definition) is 6. The Balaban J connectivity index is 1.40. The van der Waals surface area contributed by atoms with Gasteiger partial charge in [-0.2, -0.15) is 0 Å². The fraction of sp³-hybridized carbons (Fsp3) is 0.400. The van der Waals surface area contributed by atoms with Crippen LogP contribution in [0.4, 0.5) is 0 Å². The number of aliphatic hydroxyl groups is 2. The number of aliphatic hydroxyl groups excluding tert-OH is 2. The van der Waals surface area contributed by atoms with E-state index in [1.807, 2.05) is 60.7 Å². The van der Waals surface area contributed by atoms with Crippen LogP contribution in [-0.4, -0.2) is 47.5 Å². The van der Waals surface area contributed by atoms with Gasteiger partial charge in [0.15, 0.2) is 12.6 Å². The van der Waals surface area contributed by atoms with Crippen LogP contribution in [0, 0.1) is 0 Å². The molecule has 2 aliphatic rings. The van der Waals surface area contributed by atoms with E-state index in [2.05, 4.69) is 0 Å². The lowest BCUT2D eigenvalue weighted by Crippen LogP contribution is -2.62. The Morgan fingerprint density at radius 3 is 2.31 bits per heavy atom. The predicted octanol–water partition coefficient (Wildman–Crippen LogP) is 1.76. The third-order valence-electron chi connectivity index (χ3n) is 4.66. The van der Waals surface area contributed by atoms with Crippen LogP contribution in [0.3, 0.4) is 0 Å². The number of hydrogen-bond donors (Lipinski definition) is 2. The van der Waals surface area contributed by atoms with E-state index in [-0.39, 0.29) is 13.2 Å². The van der Waals surface area contributed by atoms with E-state index < -0.39 is 37.0 Å². The van der Waals surface area contributed by atoms with Crippen LogP contribution in [-0.2, 0) is 25.6 Å². The summed E-state index contributed by atoms with van der Waals surface area (Å²) < 4.78 is 23.1. The number of fused-ring (bicyclic) bond motifs is 1. The van der Waals surface area contributed by atoms with Crippen molar-refractivity contribution in [2.75, 3.05) is 6.61 Å². The second-order valence-electron chi connectivity index (χ2n) is 6.50. The predicted molar refractivity (Wildman–Crippen MR) is 91.9 cm³/mol. The summed E-state index contributed by atoms with van der Waals surface area (Å²) in [5, 5.41) is 20.9. The normalized spacial score (nSPS) is 34.2. The lowest BCUT2D eigenvalue weighted by atomic mass is 9.98. The summed E-state index contributed by atoms with van der Waals surface area (Å²) in [7, 11) is 0. The molecule has 2 heterocycles. The molecule has 138 valence electrons. The van der Waals surface area contributed by atoms with Gasteiger partial charge < -0.3 is 29.2 Å². The average Bonchev–Trinajstić information content (AvgIpc) is 2.71.